The summed E-state index contributed by atoms with van der Waals surface area (Å²) in [6.07, 6.45) is 3.32. The summed E-state index contributed by atoms with van der Waals surface area (Å²) in [5.41, 5.74) is 3.23. The number of hydrogen-bond acceptors (Lipinski definition) is 4. The molecule has 1 saturated heterocycles. The van der Waals surface area contributed by atoms with Gasteiger partial charge in [0, 0.05) is 24.5 Å². The molecule has 144 valence electrons. The summed E-state index contributed by atoms with van der Waals surface area (Å²) in [7, 11) is 0. The topological polar surface area (TPSA) is 70.5 Å². The van der Waals surface area contributed by atoms with Crippen LogP contribution in [0.15, 0.2) is 84.7 Å². The SMILES string of the molecule is Cc1ccc(C(O)=C2C(=O)C(=O)N(Cc3cccnc3)[C@@H]2c2ccccc2)cc1. The molecule has 0 radical (unpaired) electrons. The summed E-state index contributed by atoms with van der Waals surface area (Å²) in [6, 6.07) is 19.5. The van der Waals surface area contributed by atoms with Gasteiger partial charge in [-0.1, -0.05) is 66.2 Å². The first-order chi connectivity index (χ1) is 14.1. The molecule has 0 unspecified atom stereocenters. The van der Waals surface area contributed by atoms with Crippen LogP contribution < -0.4 is 0 Å². The van der Waals surface area contributed by atoms with Crippen LogP contribution in [0.1, 0.15) is 28.3 Å². The number of rotatable bonds is 4. The lowest BCUT2D eigenvalue weighted by molar-refractivity contribution is -0.140. The van der Waals surface area contributed by atoms with E-state index in [1.165, 1.54) is 4.90 Å². The third-order valence-corrected chi connectivity index (χ3v) is 5.06. The van der Waals surface area contributed by atoms with E-state index in [-0.39, 0.29) is 17.9 Å². The molecule has 1 fully saturated rings. The molecular formula is C24H20N2O3. The molecule has 1 N–H and O–H groups in total. The fraction of sp³-hybridized carbons (Fsp3) is 0.125. The maximum absolute atomic E-state index is 12.9. The predicted octanol–water partition coefficient (Wildman–Crippen LogP) is 4.01. The molecular weight excluding hydrogens is 364 g/mol. The number of aliphatic hydroxyl groups excluding tert-OH is 1. The maximum atomic E-state index is 12.9. The molecule has 1 amide bonds. The molecule has 2 heterocycles. The van der Waals surface area contributed by atoms with Crippen molar-refractivity contribution >= 4 is 17.4 Å². The average Bonchev–Trinajstić information content (AvgIpc) is 3.00. The van der Waals surface area contributed by atoms with Crippen LogP contribution in [0.2, 0.25) is 0 Å². The minimum Gasteiger partial charge on any atom is -0.507 e. The van der Waals surface area contributed by atoms with E-state index in [9.17, 15) is 14.7 Å². The second-order valence-corrected chi connectivity index (χ2v) is 7.06. The fourth-order valence-corrected chi connectivity index (χ4v) is 3.58. The lowest BCUT2D eigenvalue weighted by Crippen LogP contribution is -2.29. The molecule has 1 atom stereocenters. The van der Waals surface area contributed by atoms with Gasteiger partial charge in [-0.05, 0) is 24.1 Å². The van der Waals surface area contributed by atoms with Gasteiger partial charge in [0.15, 0.2) is 0 Å². The van der Waals surface area contributed by atoms with Crippen LogP contribution in [0, 0.1) is 6.92 Å². The molecule has 4 rings (SSSR count). The first kappa shape index (κ1) is 18.6. The van der Waals surface area contributed by atoms with Gasteiger partial charge in [0.1, 0.15) is 5.76 Å². The third-order valence-electron chi connectivity index (χ3n) is 5.06. The van der Waals surface area contributed by atoms with E-state index < -0.39 is 17.7 Å². The van der Waals surface area contributed by atoms with Gasteiger partial charge in [0.05, 0.1) is 11.6 Å². The molecule has 2 aromatic carbocycles. The molecule has 5 nitrogen and oxygen atoms in total. The number of amides is 1. The lowest BCUT2D eigenvalue weighted by Gasteiger charge is -2.25. The molecule has 1 aliphatic rings. The van der Waals surface area contributed by atoms with Gasteiger partial charge >= 0.3 is 0 Å². The van der Waals surface area contributed by atoms with Crippen LogP contribution in [0.5, 0.6) is 0 Å². The number of carbonyl (C=O) groups is 2. The number of pyridine rings is 1. The van der Waals surface area contributed by atoms with Crippen LogP contribution in [-0.4, -0.2) is 26.7 Å². The number of ketones is 1. The highest BCUT2D eigenvalue weighted by Crippen LogP contribution is 2.40. The van der Waals surface area contributed by atoms with Crippen molar-refractivity contribution in [3.05, 3.63) is 107 Å². The summed E-state index contributed by atoms with van der Waals surface area (Å²) in [5.74, 6) is -1.47. The van der Waals surface area contributed by atoms with Crippen molar-refractivity contribution in [1.82, 2.24) is 9.88 Å². The molecule has 29 heavy (non-hydrogen) atoms. The highest BCUT2D eigenvalue weighted by molar-refractivity contribution is 6.46. The van der Waals surface area contributed by atoms with E-state index in [1.54, 1.807) is 30.6 Å². The van der Waals surface area contributed by atoms with E-state index in [1.807, 2.05) is 55.5 Å². The molecule has 0 spiro atoms. The standard InChI is InChI=1S/C24H20N2O3/c1-16-9-11-19(12-10-16)22(27)20-21(18-7-3-2-4-8-18)26(24(29)23(20)28)15-17-6-5-13-25-14-17/h2-14,21,27H,15H2,1H3/t21-/m1/s1. The van der Waals surface area contributed by atoms with Crippen molar-refractivity contribution < 1.29 is 14.7 Å². The quantitative estimate of drug-likeness (QED) is 0.419. The molecule has 3 aromatic rings. The van der Waals surface area contributed by atoms with Crippen molar-refractivity contribution in [3.63, 3.8) is 0 Å². The van der Waals surface area contributed by atoms with Gasteiger partial charge < -0.3 is 10.0 Å². The van der Waals surface area contributed by atoms with Gasteiger partial charge in [0.25, 0.3) is 11.7 Å². The normalized spacial score (nSPS) is 18.2. The molecule has 5 heteroatoms. The Morgan fingerprint density at radius 3 is 2.38 bits per heavy atom. The van der Waals surface area contributed by atoms with Crippen LogP contribution >= 0.6 is 0 Å². The maximum Gasteiger partial charge on any atom is 0.295 e. The monoisotopic (exact) mass is 384 g/mol. The Morgan fingerprint density at radius 2 is 1.72 bits per heavy atom. The molecule has 0 bridgehead atoms. The smallest absolute Gasteiger partial charge is 0.295 e. The highest BCUT2D eigenvalue weighted by atomic mass is 16.3. The number of benzene rings is 2. The zero-order valence-corrected chi connectivity index (χ0v) is 15.9. The summed E-state index contributed by atoms with van der Waals surface area (Å²) < 4.78 is 0. The number of likely N-dealkylation sites (tertiary alicyclic amines) is 1. The lowest BCUT2D eigenvalue weighted by atomic mass is 9.95. The van der Waals surface area contributed by atoms with E-state index in [0.717, 1.165) is 16.7 Å². The second-order valence-electron chi connectivity index (χ2n) is 7.06. The zero-order chi connectivity index (χ0) is 20.4. The predicted molar refractivity (Wildman–Crippen MR) is 110 cm³/mol. The summed E-state index contributed by atoms with van der Waals surface area (Å²) >= 11 is 0. The Hall–Kier alpha value is -3.73. The van der Waals surface area contributed by atoms with Crippen molar-refractivity contribution in [2.45, 2.75) is 19.5 Å². The summed E-state index contributed by atoms with van der Waals surface area (Å²) in [4.78, 5) is 31.4. The minimum absolute atomic E-state index is 0.106. The first-order valence-corrected chi connectivity index (χ1v) is 9.35. The number of carbonyl (C=O) groups excluding carboxylic acids is 2. The number of hydrogen-bond donors (Lipinski definition) is 1. The molecule has 0 saturated carbocycles. The van der Waals surface area contributed by atoms with Crippen molar-refractivity contribution in [1.29, 1.82) is 0 Å². The van der Waals surface area contributed by atoms with Crippen molar-refractivity contribution in [2.24, 2.45) is 0 Å². The van der Waals surface area contributed by atoms with E-state index in [2.05, 4.69) is 4.98 Å². The van der Waals surface area contributed by atoms with Gasteiger partial charge in [-0.2, -0.15) is 0 Å². The molecule has 1 aliphatic heterocycles. The Balaban J connectivity index is 1.85. The Morgan fingerprint density at radius 1 is 1.00 bits per heavy atom. The third kappa shape index (κ3) is 3.55. The van der Waals surface area contributed by atoms with Gasteiger partial charge in [-0.15, -0.1) is 0 Å². The number of aromatic nitrogens is 1. The summed E-state index contributed by atoms with van der Waals surface area (Å²) in [6.45, 7) is 2.17. The Labute approximate surface area is 169 Å². The van der Waals surface area contributed by atoms with Crippen LogP contribution in [-0.2, 0) is 16.1 Å². The minimum atomic E-state index is -0.680. The highest BCUT2D eigenvalue weighted by Gasteiger charge is 2.45. The Kier molecular flexibility index (Phi) is 4.96. The van der Waals surface area contributed by atoms with Gasteiger partial charge in [0.2, 0.25) is 0 Å². The second kappa shape index (κ2) is 7.72. The average molecular weight is 384 g/mol. The van der Waals surface area contributed by atoms with Gasteiger partial charge in [-0.3, -0.25) is 14.6 Å². The van der Waals surface area contributed by atoms with Crippen molar-refractivity contribution in [3.8, 4) is 0 Å². The summed E-state index contributed by atoms with van der Waals surface area (Å²) in [5, 5.41) is 11.0. The van der Waals surface area contributed by atoms with Crippen molar-refractivity contribution in [2.75, 3.05) is 0 Å². The fourth-order valence-electron chi connectivity index (χ4n) is 3.58. The first-order valence-electron chi connectivity index (χ1n) is 9.35. The number of aryl methyl sites for hydroxylation is 1. The van der Waals surface area contributed by atoms with Crippen LogP contribution in [0.25, 0.3) is 5.76 Å². The van der Waals surface area contributed by atoms with E-state index in [0.29, 0.717) is 5.56 Å². The number of nitrogens with zero attached hydrogens (tertiary/aromatic N) is 2. The largest absolute Gasteiger partial charge is 0.507 e. The van der Waals surface area contributed by atoms with E-state index in [4.69, 9.17) is 0 Å². The molecule has 1 aromatic heterocycles. The van der Waals surface area contributed by atoms with Gasteiger partial charge in [-0.25, -0.2) is 0 Å². The number of aliphatic hydroxyl groups is 1. The Bertz CT molecular complexity index is 1070. The van der Waals surface area contributed by atoms with Crippen LogP contribution in [0.4, 0.5) is 0 Å². The molecule has 0 aliphatic carbocycles. The zero-order valence-electron chi connectivity index (χ0n) is 15.9. The number of Topliss-reactive ketones (excluding diaryl/α,β-unsaturated/α-hetero) is 1. The van der Waals surface area contributed by atoms with Crippen LogP contribution in [0.3, 0.4) is 0 Å². The van der Waals surface area contributed by atoms with E-state index >= 15 is 0 Å².